The van der Waals surface area contributed by atoms with Gasteiger partial charge in [0.2, 0.25) is 0 Å². The number of benzene rings is 1. The second-order valence-corrected chi connectivity index (χ2v) is 5.46. The van der Waals surface area contributed by atoms with Crippen molar-refractivity contribution < 1.29 is 14.6 Å². The van der Waals surface area contributed by atoms with Crippen molar-refractivity contribution in [3.63, 3.8) is 0 Å². The van der Waals surface area contributed by atoms with Crippen LogP contribution in [-0.4, -0.2) is 41.2 Å². The lowest BCUT2D eigenvalue weighted by Crippen LogP contribution is -2.39. The van der Waals surface area contributed by atoms with Gasteiger partial charge in [-0.05, 0) is 31.5 Å². The molecular formula is C13H15Cl2NO3. The number of hydrogen-bond donors (Lipinski definition) is 1. The number of likely N-dealkylation sites (tertiary alicyclic amines) is 1. The maximum absolute atomic E-state index is 12.1. The van der Waals surface area contributed by atoms with E-state index in [0.29, 0.717) is 35.3 Å². The smallest absolute Gasteiger partial charge is 0.263 e. The van der Waals surface area contributed by atoms with Crippen molar-refractivity contribution in [3.05, 3.63) is 28.2 Å². The van der Waals surface area contributed by atoms with E-state index in [0.717, 1.165) is 0 Å². The number of nitrogens with zero attached hydrogens (tertiary/aromatic N) is 1. The fourth-order valence-corrected chi connectivity index (χ4v) is 2.56. The molecule has 1 heterocycles. The Bertz CT molecular complexity index is 461. The summed E-state index contributed by atoms with van der Waals surface area (Å²) in [6.07, 6.45) is -0.460. The Morgan fingerprint density at radius 2 is 2.05 bits per heavy atom. The molecular weight excluding hydrogens is 289 g/mol. The van der Waals surface area contributed by atoms with E-state index in [1.807, 2.05) is 0 Å². The van der Waals surface area contributed by atoms with Crippen molar-refractivity contribution in [2.24, 2.45) is 0 Å². The van der Waals surface area contributed by atoms with Crippen LogP contribution >= 0.6 is 23.2 Å². The molecule has 0 saturated carbocycles. The summed E-state index contributed by atoms with van der Waals surface area (Å²) in [6, 6.07) is 4.81. The van der Waals surface area contributed by atoms with Crippen molar-refractivity contribution in [1.29, 1.82) is 0 Å². The van der Waals surface area contributed by atoms with Crippen LogP contribution in [0.15, 0.2) is 18.2 Å². The van der Waals surface area contributed by atoms with Crippen LogP contribution in [-0.2, 0) is 4.79 Å². The number of hydrogen-bond acceptors (Lipinski definition) is 3. The number of aliphatic hydroxyl groups excluding tert-OH is 1. The zero-order valence-electron chi connectivity index (χ0n) is 10.5. The monoisotopic (exact) mass is 303 g/mol. The molecule has 104 valence electrons. The van der Waals surface area contributed by atoms with E-state index in [9.17, 15) is 9.90 Å². The average Bonchev–Trinajstić information content (AvgIpc) is 2.73. The van der Waals surface area contributed by atoms with Crippen LogP contribution in [0, 0.1) is 0 Å². The Morgan fingerprint density at radius 1 is 1.42 bits per heavy atom. The molecule has 1 aromatic rings. The van der Waals surface area contributed by atoms with Crippen LogP contribution < -0.4 is 4.74 Å². The molecule has 0 aromatic heterocycles. The van der Waals surface area contributed by atoms with Crippen LogP contribution in [0.1, 0.15) is 13.3 Å². The number of ether oxygens (including phenoxy) is 1. The van der Waals surface area contributed by atoms with Crippen LogP contribution in [0.2, 0.25) is 10.0 Å². The fraction of sp³-hybridized carbons (Fsp3) is 0.462. The van der Waals surface area contributed by atoms with E-state index in [-0.39, 0.29) is 5.91 Å². The van der Waals surface area contributed by atoms with Crippen molar-refractivity contribution in [2.45, 2.75) is 25.6 Å². The maximum Gasteiger partial charge on any atom is 0.263 e. The molecule has 1 saturated heterocycles. The van der Waals surface area contributed by atoms with Gasteiger partial charge in [0.25, 0.3) is 5.91 Å². The fourth-order valence-electron chi connectivity index (χ4n) is 2.05. The summed E-state index contributed by atoms with van der Waals surface area (Å²) in [5, 5.41) is 10.3. The Morgan fingerprint density at radius 3 is 2.58 bits per heavy atom. The highest BCUT2D eigenvalue weighted by Crippen LogP contribution is 2.25. The van der Waals surface area contributed by atoms with Crippen LogP contribution in [0.25, 0.3) is 0 Å². The van der Waals surface area contributed by atoms with Crippen LogP contribution in [0.4, 0.5) is 0 Å². The molecule has 0 spiro atoms. The molecule has 0 aliphatic carbocycles. The number of carbonyl (C=O) groups is 1. The molecule has 0 radical (unpaired) electrons. The van der Waals surface area contributed by atoms with Gasteiger partial charge < -0.3 is 14.7 Å². The average molecular weight is 304 g/mol. The second-order valence-electron chi connectivity index (χ2n) is 4.59. The van der Waals surface area contributed by atoms with Crippen molar-refractivity contribution in [1.82, 2.24) is 4.90 Å². The first-order valence-corrected chi connectivity index (χ1v) is 6.81. The minimum atomic E-state index is -0.639. The predicted octanol–water partition coefficient (Wildman–Crippen LogP) is 2.35. The van der Waals surface area contributed by atoms with Crippen molar-refractivity contribution in [3.8, 4) is 5.75 Å². The molecule has 1 amide bonds. The zero-order valence-corrected chi connectivity index (χ0v) is 12.0. The minimum absolute atomic E-state index is 0.146. The van der Waals surface area contributed by atoms with Gasteiger partial charge in [0, 0.05) is 23.1 Å². The lowest BCUT2D eigenvalue weighted by molar-refractivity contribution is -0.137. The Kier molecular flexibility index (Phi) is 4.55. The molecule has 1 fully saturated rings. The molecule has 6 heteroatoms. The zero-order chi connectivity index (χ0) is 14.0. The molecule has 0 bridgehead atoms. The molecule has 1 unspecified atom stereocenters. The normalized spacial score (nSPS) is 20.4. The van der Waals surface area contributed by atoms with Gasteiger partial charge in [0.1, 0.15) is 5.75 Å². The largest absolute Gasteiger partial charge is 0.481 e. The Balaban J connectivity index is 2.00. The SMILES string of the molecule is CC(Oc1cc(Cl)cc(Cl)c1)C(=O)N1CC[C@@H](O)C1. The summed E-state index contributed by atoms with van der Waals surface area (Å²) in [5.41, 5.74) is 0. The highest BCUT2D eigenvalue weighted by atomic mass is 35.5. The Hall–Kier alpha value is -0.970. The molecule has 1 N–H and O–H groups in total. The summed E-state index contributed by atoms with van der Waals surface area (Å²) < 4.78 is 5.54. The maximum atomic E-state index is 12.1. The molecule has 2 rings (SSSR count). The molecule has 1 aliphatic rings. The highest BCUT2D eigenvalue weighted by Gasteiger charge is 2.28. The van der Waals surface area contributed by atoms with Crippen LogP contribution in [0.3, 0.4) is 0 Å². The quantitative estimate of drug-likeness (QED) is 0.932. The number of carbonyl (C=O) groups excluding carboxylic acids is 1. The van der Waals surface area contributed by atoms with Crippen molar-refractivity contribution >= 4 is 29.1 Å². The van der Waals surface area contributed by atoms with E-state index in [4.69, 9.17) is 27.9 Å². The van der Waals surface area contributed by atoms with E-state index >= 15 is 0 Å². The standard InChI is InChI=1S/C13H15Cl2NO3/c1-8(13(18)16-3-2-11(17)7-16)19-12-5-9(14)4-10(15)6-12/h4-6,8,11,17H,2-3,7H2,1H3/t8?,11-/m1/s1. The van der Waals surface area contributed by atoms with E-state index in [1.54, 1.807) is 30.0 Å². The summed E-state index contributed by atoms with van der Waals surface area (Å²) >= 11 is 11.7. The number of rotatable bonds is 3. The van der Waals surface area contributed by atoms with E-state index in [1.165, 1.54) is 0 Å². The number of β-amino-alcohol motifs (C(OH)–C–C–N with tert-alkyl or cyclic N) is 1. The van der Waals surface area contributed by atoms with Gasteiger partial charge >= 0.3 is 0 Å². The summed E-state index contributed by atoms with van der Waals surface area (Å²) in [5.74, 6) is 0.311. The molecule has 19 heavy (non-hydrogen) atoms. The van der Waals surface area contributed by atoms with Gasteiger partial charge in [-0.15, -0.1) is 0 Å². The number of aliphatic hydroxyl groups is 1. The lowest BCUT2D eigenvalue weighted by Gasteiger charge is -2.21. The number of amides is 1. The molecule has 4 nitrogen and oxygen atoms in total. The molecule has 1 aromatic carbocycles. The first-order valence-electron chi connectivity index (χ1n) is 6.05. The summed E-state index contributed by atoms with van der Waals surface area (Å²) in [4.78, 5) is 13.7. The van der Waals surface area contributed by atoms with Crippen LogP contribution in [0.5, 0.6) is 5.75 Å². The van der Waals surface area contributed by atoms with Gasteiger partial charge in [-0.2, -0.15) is 0 Å². The van der Waals surface area contributed by atoms with Gasteiger partial charge in [0.15, 0.2) is 6.10 Å². The first kappa shape index (κ1) is 14.4. The van der Waals surface area contributed by atoms with E-state index in [2.05, 4.69) is 0 Å². The summed E-state index contributed by atoms with van der Waals surface area (Å²) in [6.45, 7) is 2.59. The third kappa shape index (κ3) is 3.75. The highest BCUT2D eigenvalue weighted by molar-refractivity contribution is 6.34. The van der Waals surface area contributed by atoms with Crippen molar-refractivity contribution in [2.75, 3.05) is 13.1 Å². The third-order valence-electron chi connectivity index (χ3n) is 2.97. The molecule has 1 aliphatic heterocycles. The molecule has 2 atom stereocenters. The topological polar surface area (TPSA) is 49.8 Å². The third-order valence-corrected chi connectivity index (χ3v) is 3.41. The van der Waals surface area contributed by atoms with Gasteiger partial charge in [-0.25, -0.2) is 0 Å². The van der Waals surface area contributed by atoms with Gasteiger partial charge in [-0.1, -0.05) is 23.2 Å². The van der Waals surface area contributed by atoms with Gasteiger partial charge in [-0.3, -0.25) is 4.79 Å². The first-order chi connectivity index (χ1) is 8.95. The van der Waals surface area contributed by atoms with Gasteiger partial charge in [0.05, 0.1) is 6.10 Å². The number of halogens is 2. The minimum Gasteiger partial charge on any atom is -0.481 e. The lowest BCUT2D eigenvalue weighted by atomic mass is 10.3. The van der Waals surface area contributed by atoms with E-state index < -0.39 is 12.2 Å². The predicted molar refractivity (Wildman–Crippen MR) is 73.8 cm³/mol. The summed E-state index contributed by atoms with van der Waals surface area (Å²) in [7, 11) is 0. The Labute approximate surface area is 121 Å². The second kappa shape index (κ2) is 5.99.